The highest BCUT2D eigenvalue weighted by Gasteiger charge is 2.25. The average Bonchev–Trinajstić information content (AvgIpc) is 3.24. The molecule has 0 radical (unpaired) electrons. The van der Waals surface area contributed by atoms with Crippen LogP contribution in [0.25, 0.3) is 0 Å². The summed E-state index contributed by atoms with van der Waals surface area (Å²) in [4.78, 5) is 7.18. The standard InChI is InChI=1S/C17H29N3/c1-4-9-18-10-16-7-8-17(19-11-16)13-20(14(2)3)12-15-5-6-15/h7-8,11,14-15,18H,4-6,9-10,12-13H2,1-3H3. The molecule has 0 unspecified atom stereocenters. The Labute approximate surface area is 123 Å². The molecule has 112 valence electrons. The van der Waals surface area contributed by atoms with Crippen molar-refractivity contribution < 1.29 is 0 Å². The lowest BCUT2D eigenvalue weighted by Gasteiger charge is -2.26. The Kier molecular flexibility index (Phi) is 5.99. The smallest absolute Gasteiger partial charge is 0.0544 e. The summed E-state index contributed by atoms with van der Waals surface area (Å²) in [5, 5.41) is 3.41. The van der Waals surface area contributed by atoms with Crippen molar-refractivity contribution in [2.75, 3.05) is 13.1 Å². The molecular weight excluding hydrogens is 246 g/mol. The zero-order valence-electron chi connectivity index (χ0n) is 13.2. The molecule has 0 bridgehead atoms. The number of rotatable bonds is 9. The second-order valence-electron chi connectivity index (χ2n) is 6.30. The summed E-state index contributed by atoms with van der Waals surface area (Å²) in [7, 11) is 0. The van der Waals surface area contributed by atoms with Gasteiger partial charge in [0.2, 0.25) is 0 Å². The second-order valence-corrected chi connectivity index (χ2v) is 6.30. The molecule has 1 aliphatic carbocycles. The fraction of sp³-hybridized carbons (Fsp3) is 0.706. The quantitative estimate of drug-likeness (QED) is 0.702. The van der Waals surface area contributed by atoms with E-state index in [0.717, 1.165) is 25.6 Å². The molecule has 0 aliphatic heterocycles. The summed E-state index contributed by atoms with van der Waals surface area (Å²) in [6, 6.07) is 4.99. The molecule has 0 aromatic carbocycles. The van der Waals surface area contributed by atoms with Crippen molar-refractivity contribution in [1.82, 2.24) is 15.2 Å². The van der Waals surface area contributed by atoms with E-state index in [1.54, 1.807) is 0 Å². The minimum absolute atomic E-state index is 0.600. The number of nitrogens with zero attached hydrogens (tertiary/aromatic N) is 2. The first kappa shape index (κ1) is 15.5. The van der Waals surface area contributed by atoms with Gasteiger partial charge in [0.05, 0.1) is 5.69 Å². The first-order valence-corrected chi connectivity index (χ1v) is 8.07. The van der Waals surface area contributed by atoms with E-state index in [1.807, 2.05) is 6.20 Å². The van der Waals surface area contributed by atoms with Crippen LogP contribution in [0.3, 0.4) is 0 Å². The van der Waals surface area contributed by atoms with Gasteiger partial charge in [-0.1, -0.05) is 13.0 Å². The minimum atomic E-state index is 0.600. The number of hydrogen-bond acceptors (Lipinski definition) is 3. The van der Waals surface area contributed by atoms with Crippen LogP contribution >= 0.6 is 0 Å². The zero-order chi connectivity index (χ0) is 14.4. The van der Waals surface area contributed by atoms with Crippen LogP contribution < -0.4 is 5.32 Å². The molecule has 20 heavy (non-hydrogen) atoms. The predicted molar refractivity (Wildman–Crippen MR) is 84.5 cm³/mol. The molecular formula is C17H29N3. The van der Waals surface area contributed by atoms with Crippen LogP contribution in [0.15, 0.2) is 18.3 Å². The normalized spacial score (nSPS) is 15.2. The van der Waals surface area contributed by atoms with Gasteiger partial charge in [0.15, 0.2) is 0 Å². The van der Waals surface area contributed by atoms with Crippen molar-refractivity contribution in [1.29, 1.82) is 0 Å². The van der Waals surface area contributed by atoms with Crippen molar-refractivity contribution >= 4 is 0 Å². The third kappa shape index (κ3) is 5.22. The molecule has 0 amide bonds. The molecule has 1 N–H and O–H groups in total. The maximum Gasteiger partial charge on any atom is 0.0544 e. The highest BCUT2D eigenvalue weighted by molar-refractivity contribution is 5.14. The van der Waals surface area contributed by atoms with Crippen molar-refractivity contribution in [2.45, 2.75) is 59.2 Å². The van der Waals surface area contributed by atoms with Crippen LogP contribution in [0.1, 0.15) is 51.3 Å². The van der Waals surface area contributed by atoms with Gasteiger partial charge in [0, 0.05) is 31.9 Å². The Balaban J connectivity index is 1.84. The highest BCUT2D eigenvalue weighted by Crippen LogP contribution is 2.30. The molecule has 0 spiro atoms. The van der Waals surface area contributed by atoms with E-state index in [0.29, 0.717) is 6.04 Å². The number of nitrogens with one attached hydrogen (secondary N) is 1. The molecule has 3 heteroatoms. The molecule has 1 aromatic rings. The van der Waals surface area contributed by atoms with Crippen LogP contribution in [0, 0.1) is 5.92 Å². The largest absolute Gasteiger partial charge is 0.313 e. The van der Waals surface area contributed by atoms with Crippen LogP contribution in [-0.4, -0.2) is 29.0 Å². The van der Waals surface area contributed by atoms with E-state index in [9.17, 15) is 0 Å². The van der Waals surface area contributed by atoms with Gasteiger partial charge in [-0.25, -0.2) is 0 Å². The molecule has 0 saturated heterocycles. The van der Waals surface area contributed by atoms with Gasteiger partial charge in [-0.05, 0) is 57.2 Å². The van der Waals surface area contributed by atoms with E-state index in [4.69, 9.17) is 0 Å². The Morgan fingerprint density at radius 2 is 2.15 bits per heavy atom. The van der Waals surface area contributed by atoms with Gasteiger partial charge in [0.1, 0.15) is 0 Å². The minimum Gasteiger partial charge on any atom is -0.313 e. The van der Waals surface area contributed by atoms with E-state index < -0.39 is 0 Å². The van der Waals surface area contributed by atoms with Crippen molar-refractivity contribution in [3.05, 3.63) is 29.6 Å². The summed E-state index contributed by atoms with van der Waals surface area (Å²) in [5.74, 6) is 0.940. The lowest BCUT2D eigenvalue weighted by molar-refractivity contribution is 0.201. The molecule has 1 aromatic heterocycles. The summed E-state index contributed by atoms with van der Waals surface area (Å²) in [5.41, 5.74) is 2.47. The monoisotopic (exact) mass is 275 g/mol. The third-order valence-corrected chi connectivity index (χ3v) is 3.93. The van der Waals surface area contributed by atoms with Crippen molar-refractivity contribution in [3.8, 4) is 0 Å². The molecule has 1 fully saturated rings. The van der Waals surface area contributed by atoms with Gasteiger partial charge in [-0.2, -0.15) is 0 Å². The van der Waals surface area contributed by atoms with E-state index >= 15 is 0 Å². The SMILES string of the molecule is CCCNCc1ccc(CN(CC2CC2)C(C)C)nc1. The van der Waals surface area contributed by atoms with Gasteiger partial charge in [-0.15, -0.1) is 0 Å². The average molecular weight is 275 g/mol. The van der Waals surface area contributed by atoms with Crippen LogP contribution in [0.5, 0.6) is 0 Å². The van der Waals surface area contributed by atoms with Gasteiger partial charge in [0.25, 0.3) is 0 Å². The second kappa shape index (κ2) is 7.75. The maximum absolute atomic E-state index is 4.63. The molecule has 3 nitrogen and oxygen atoms in total. The number of pyridine rings is 1. The van der Waals surface area contributed by atoms with E-state index in [-0.39, 0.29) is 0 Å². The first-order chi connectivity index (χ1) is 9.69. The summed E-state index contributed by atoms with van der Waals surface area (Å²) in [6.45, 7) is 11.0. The Bertz CT molecular complexity index is 382. The predicted octanol–water partition coefficient (Wildman–Crippen LogP) is 3.20. The molecule has 1 heterocycles. The molecule has 1 saturated carbocycles. The van der Waals surface area contributed by atoms with Crippen LogP contribution in [-0.2, 0) is 13.1 Å². The summed E-state index contributed by atoms with van der Waals surface area (Å²) >= 11 is 0. The van der Waals surface area contributed by atoms with Crippen molar-refractivity contribution in [3.63, 3.8) is 0 Å². The lowest BCUT2D eigenvalue weighted by Crippen LogP contribution is -2.32. The van der Waals surface area contributed by atoms with Gasteiger partial charge >= 0.3 is 0 Å². The number of hydrogen-bond donors (Lipinski definition) is 1. The molecule has 1 aliphatic rings. The fourth-order valence-corrected chi connectivity index (χ4v) is 2.36. The van der Waals surface area contributed by atoms with Gasteiger partial charge < -0.3 is 5.32 Å². The lowest BCUT2D eigenvalue weighted by atomic mass is 10.2. The van der Waals surface area contributed by atoms with Gasteiger partial charge in [-0.3, -0.25) is 9.88 Å². The summed E-state index contributed by atoms with van der Waals surface area (Å²) < 4.78 is 0. The zero-order valence-corrected chi connectivity index (χ0v) is 13.2. The fourth-order valence-electron chi connectivity index (χ4n) is 2.36. The Hall–Kier alpha value is -0.930. The molecule has 2 rings (SSSR count). The van der Waals surface area contributed by atoms with Crippen LogP contribution in [0.2, 0.25) is 0 Å². The van der Waals surface area contributed by atoms with E-state index in [2.05, 4.69) is 48.1 Å². The van der Waals surface area contributed by atoms with Crippen molar-refractivity contribution in [2.24, 2.45) is 5.92 Å². The summed E-state index contributed by atoms with van der Waals surface area (Å²) in [6.07, 6.45) is 6.03. The maximum atomic E-state index is 4.63. The van der Waals surface area contributed by atoms with E-state index in [1.165, 1.54) is 37.1 Å². The Morgan fingerprint density at radius 3 is 2.70 bits per heavy atom. The number of aromatic nitrogens is 1. The molecule has 0 atom stereocenters. The van der Waals surface area contributed by atoms with Crippen LogP contribution in [0.4, 0.5) is 0 Å². The topological polar surface area (TPSA) is 28.2 Å². The Morgan fingerprint density at radius 1 is 1.35 bits per heavy atom. The third-order valence-electron chi connectivity index (χ3n) is 3.93. The highest BCUT2D eigenvalue weighted by atomic mass is 15.2. The first-order valence-electron chi connectivity index (χ1n) is 8.07.